The molecule has 3 aromatic rings. The van der Waals surface area contributed by atoms with Crippen molar-refractivity contribution in [2.24, 2.45) is 0 Å². The van der Waals surface area contributed by atoms with Gasteiger partial charge in [-0.15, -0.1) is 0 Å². The van der Waals surface area contributed by atoms with Crippen LogP contribution in [0.25, 0.3) is 10.9 Å². The van der Waals surface area contributed by atoms with Crippen LogP contribution in [0.1, 0.15) is 10.4 Å². The van der Waals surface area contributed by atoms with Crippen LogP contribution in [-0.4, -0.2) is 54.0 Å². The van der Waals surface area contributed by atoms with E-state index in [1.54, 1.807) is 12.3 Å². The van der Waals surface area contributed by atoms with E-state index >= 15 is 0 Å². The smallest absolute Gasteiger partial charge is 0.257 e. The lowest BCUT2D eigenvalue weighted by Gasteiger charge is -2.33. The second-order valence-corrected chi connectivity index (χ2v) is 6.52. The summed E-state index contributed by atoms with van der Waals surface area (Å²) in [5.41, 5.74) is 2.49. The quantitative estimate of drug-likeness (QED) is 0.789. The molecule has 0 saturated carbocycles. The molecule has 132 valence electrons. The van der Waals surface area contributed by atoms with E-state index in [4.69, 9.17) is 0 Å². The molecule has 3 heterocycles. The number of benzene rings is 1. The first-order valence-corrected chi connectivity index (χ1v) is 8.75. The number of fused-ring (bicyclic) bond motifs is 1. The standard InChI is InChI=1S/C20H21N5O/c1-24-10-12-25(13-11-24)15-6-7-19(22-14-15)23-20(26)17-8-9-21-18-5-3-2-4-16(17)18/h2-9,14H,10-13H2,1H3,(H,22,23,26). The van der Waals surface area contributed by atoms with Crippen LogP contribution in [-0.2, 0) is 0 Å². The number of piperazine rings is 1. The Morgan fingerprint density at radius 1 is 1.00 bits per heavy atom. The maximum Gasteiger partial charge on any atom is 0.257 e. The number of anilines is 2. The molecule has 4 rings (SSSR count). The van der Waals surface area contributed by atoms with Crippen LogP contribution in [0, 0.1) is 0 Å². The van der Waals surface area contributed by atoms with Crippen molar-refractivity contribution in [2.75, 3.05) is 43.4 Å². The molecule has 0 aliphatic carbocycles. The minimum atomic E-state index is -0.177. The maximum absolute atomic E-state index is 12.7. The second-order valence-electron chi connectivity index (χ2n) is 6.52. The van der Waals surface area contributed by atoms with Crippen molar-refractivity contribution < 1.29 is 4.79 Å². The summed E-state index contributed by atoms with van der Waals surface area (Å²) in [5, 5.41) is 3.72. The fourth-order valence-electron chi connectivity index (χ4n) is 3.19. The fourth-order valence-corrected chi connectivity index (χ4v) is 3.19. The Hall–Kier alpha value is -2.99. The van der Waals surface area contributed by atoms with Crippen molar-refractivity contribution >= 4 is 28.3 Å². The number of para-hydroxylation sites is 1. The Kier molecular flexibility index (Phi) is 4.50. The first kappa shape index (κ1) is 16.5. The Morgan fingerprint density at radius 2 is 1.81 bits per heavy atom. The molecule has 0 atom stereocenters. The molecule has 0 spiro atoms. The highest BCUT2D eigenvalue weighted by Crippen LogP contribution is 2.19. The SMILES string of the molecule is CN1CCN(c2ccc(NC(=O)c3ccnc4ccccc34)nc2)CC1. The van der Waals surface area contributed by atoms with Crippen molar-refractivity contribution in [3.63, 3.8) is 0 Å². The van der Waals surface area contributed by atoms with E-state index in [2.05, 4.69) is 32.1 Å². The number of carbonyl (C=O) groups excluding carboxylic acids is 1. The van der Waals surface area contributed by atoms with Gasteiger partial charge in [-0.25, -0.2) is 4.98 Å². The van der Waals surface area contributed by atoms with Gasteiger partial charge in [-0.2, -0.15) is 0 Å². The zero-order valence-electron chi connectivity index (χ0n) is 14.7. The van der Waals surface area contributed by atoms with Gasteiger partial charge in [0.2, 0.25) is 0 Å². The van der Waals surface area contributed by atoms with Crippen LogP contribution in [0.15, 0.2) is 54.9 Å². The van der Waals surface area contributed by atoms with Gasteiger partial charge >= 0.3 is 0 Å². The predicted octanol–water partition coefficient (Wildman–Crippen LogP) is 2.63. The Labute approximate surface area is 152 Å². The lowest BCUT2D eigenvalue weighted by atomic mass is 10.1. The minimum Gasteiger partial charge on any atom is -0.368 e. The topological polar surface area (TPSA) is 61.4 Å². The van der Waals surface area contributed by atoms with Gasteiger partial charge in [-0.05, 0) is 31.3 Å². The van der Waals surface area contributed by atoms with Gasteiger partial charge in [0.25, 0.3) is 5.91 Å². The summed E-state index contributed by atoms with van der Waals surface area (Å²) >= 11 is 0. The van der Waals surface area contributed by atoms with Crippen LogP contribution in [0.2, 0.25) is 0 Å². The number of nitrogens with one attached hydrogen (secondary N) is 1. The molecule has 2 aromatic heterocycles. The molecular weight excluding hydrogens is 326 g/mol. The van der Waals surface area contributed by atoms with Gasteiger partial charge < -0.3 is 15.1 Å². The third-order valence-corrected chi connectivity index (χ3v) is 4.75. The van der Waals surface area contributed by atoms with Crippen molar-refractivity contribution in [3.8, 4) is 0 Å². The van der Waals surface area contributed by atoms with Gasteiger partial charge in [0.15, 0.2) is 0 Å². The molecule has 26 heavy (non-hydrogen) atoms. The molecule has 1 fully saturated rings. The van der Waals surface area contributed by atoms with Gasteiger partial charge in [-0.1, -0.05) is 18.2 Å². The molecule has 1 saturated heterocycles. The molecule has 0 radical (unpaired) electrons. The van der Waals surface area contributed by atoms with E-state index in [1.807, 2.05) is 42.6 Å². The van der Waals surface area contributed by atoms with Crippen LogP contribution in [0.5, 0.6) is 0 Å². The first-order valence-electron chi connectivity index (χ1n) is 8.75. The molecule has 0 bridgehead atoms. The zero-order valence-corrected chi connectivity index (χ0v) is 14.7. The van der Waals surface area contributed by atoms with Gasteiger partial charge in [0.1, 0.15) is 5.82 Å². The van der Waals surface area contributed by atoms with Gasteiger partial charge in [-0.3, -0.25) is 9.78 Å². The monoisotopic (exact) mass is 347 g/mol. The van der Waals surface area contributed by atoms with Crippen LogP contribution >= 0.6 is 0 Å². The number of carbonyl (C=O) groups is 1. The fraction of sp³-hybridized carbons (Fsp3) is 0.250. The van der Waals surface area contributed by atoms with E-state index < -0.39 is 0 Å². The largest absolute Gasteiger partial charge is 0.368 e. The van der Waals surface area contributed by atoms with Crippen molar-refractivity contribution in [3.05, 3.63) is 60.4 Å². The third kappa shape index (κ3) is 3.36. The summed E-state index contributed by atoms with van der Waals surface area (Å²) in [6.07, 6.45) is 3.48. The summed E-state index contributed by atoms with van der Waals surface area (Å²) in [5.74, 6) is 0.372. The van der Waals surface area contributed by atoms with Crippen LogP contribution in [0.4, 0.5) is 11.5 Å². The van der Waals surface area contributed by atoms with Crippen molar-refractivity contribution in [1.29, 1.82) is 0 Å². The van der Waals surface area contributed by atoms with E-state index in [-0.39, 0.29) is 5.91 Å². The summed E-state index contributed by atoms with van der Waals surface area (Å²) in [4.78, 5) is 26.0. The Balaban J connectivity index is 1.49. The highest BCUT2D eigenvalue weighted by molar-refractivity contribution is 6.11. The molecule has 1 aliphatic heterocycles. The number of aromatic nitrogens is 2. The molecule has 1 amide bonds. The van der Waals surface area contributed by atoms with E-state index in [0.717, 1.165) is 42.8 Å². The van der Waals surface area contributed by atoms with Crippen LogP contribution in [0.3, 0.4) is 0 Å². The molecule has 1 aliphatic rings. The van der Waals surface area contributed by atoms with E-state index in [0.29, 0.717) is 11.4 Å². The summed E-state index contributed by atoms with van der Waals surface area (Å²) < 4.78 is 0. The lowest BCUT2D eigenvalue weighted by Crippen LogP contribution is -2.44. The second kappa shape index (κ2) is 7.09. The molecule has 6 nitrogen and oxygen atoms in total. The van der Waals surface area contributed by atoms with E-state index in [9.17, 15) is 4.79 Å². The Morgan fingerprint density at radius 3 is 2.58 bits per heavy atom. The number of rotatable bonds is 3. The molecule has 1 N–H and O–H groups in total. The predicted molar refractivity (Wildman–Crippen MR) is 104 cm³/mol. The minimum absolute atomic E-state index is 0.177. The van der Waals surface area contributed by atoms with Crippen LogP contribution < -0.4 is 10.2 Å². The molecule has 0 unspecified atom stereocenters. The normalized spacial score (nSPS) is 15.2. The first-order chi connectivity index (χ1) is 12.7. The lowest BCUT2D eigenvalue weighted by molar-refractivity contribution is 0.102. The average Bonchev–Trinajstić information content (AvgIpc) is 2.69. The van der Waals surface area contributed by atoms with Gasteiger partial charge in [0, 0.05) is 37.8 Å². The number of hydrogen-bond acceptors (Lipinski definition) is 5. The average molecular weight is 347 g/mol. The van der Waals surface area contributed by atoms with E-state index in [1.165, 1.54) is 0 Å². The van der Waals surface area contributed by atoms with Gasteiger partial charge in [0.05, 0.1) is 23.0 Å². The van der Waals surface area contributed by atoms with Crippen molar-refractivity contribution in [2.45, 2.75) is 0 Å². The maximum atomic E-state index is 12.7. The molecular formula is C20H21N5O. The zero-order chi connectivity index (χ0) is 17.9. The van der Waals surface area contributed by atoms with Crippen molar-refractivity contribution in [1.82, 2.24) is 14.9 Å². The number of pyridine rings is 2. The highest BCUT2D eigenvalue weighted by Gasteiger charge is 2.15. The summed E-state index contributed by atoms with van der Waals surface area (Å²) in [6, 6.07) is 13.2. The molecule has 6 heteroatoms. The number of likely N-dealkylation sites (N-methyl/N-ethyl adjacent to an activating group) is 1. The Bertz CT molecular complexity index is 912. The third-order valence-electron chi connectivity index (χ3n) is 4.75. The number of nitrogens with zero attached hydrogens (tertiary/aromatic N) is 4. The number of hydrogen-bond donors (Lipinski definition) is 1. The number of amides is 1. The molecule has 1 aromatic carbocycles. The summed E-state index contributed by atoms with van der Waals surface area (Å²) in [7, 11) is 2.14. The highest BCUT2D eigenvalue weighted by atomic mass is 16.1. The summed E-state index contributed by atoms with van der Waals surface area (Å²) in [6.45, 7) is 4.08.